The van der Waals surface area contributed by atoms with Crippen LogP contribution in [0.5, 0.6) is 5.75 Å². The third kappa shape index (κ3) is 3.56. The smallest absolute Gasteiger partial charge is 0.313 e. The van der Waals surface area contributed by atoms with Gasteiger partial charge in [-0.15, -0.1) is 0 Å². The molecule has 0 heterocycles. The first-order valence-corrected chi connectivity index (χ1v) is 7.24. The van der Waals surface area contributed by atoms with Crippen LogP contribution in [0, 0.1) is 17.1 Å². The molecule has 20 heavy (non-hydrogen) atoms. The van der Waals surface area contributed by atoms with Crippen molar-refractivity contribution in [3.05, 3.63) is 65.5 Å². The first-order chi connectivity index (χ1) is 9.50. The molecule has 0 aromatic heterocycles. The molecule has 0 atom stereocenters. The third-order valence-electron chi connectivity index (χ3n) is 2.45. The van der Waals surface area contributed by atoms with Gasteiger partial charge in [0.1, 0.15) is 5.75 Å². The van der Waals surface area contributed by atoms with Crippen LogP contribution >= 0.6 is 0 Å². The second kappa shape index (κ2) is 5.72. The molecule has 0 aliphatic carbocycles. The van der Waals surface area contributed by atoms with Gasteiger partial charge in [0, 0.05) is 0 Å². The van der Waals surface area contributed by atoms with Crippen molar-refractivity contribution in [1.82, 2.24) is 0 Å². The maximum Gasteiger partial charge on any atom is 0.313 e. The molecular weight excluding hydrogens is 281 g/mol. The molecular formula is C14H10FNO3S. The van der Waals surface area contributed by atoms with Gasteiger partial charge < -0.3 is 4.18 Å². The molecule has 0 bridgehead atoms. The minimum Gasteiger partial charge on any atom is -0.379 e. The summed E-state index contributed by atoms with van der Waals surface area (Å²) in [5, 5.41) is 8.75. The highest BCUT2D eigenvalue weighted by Gasteiger charge is 2.16. The van der Waals surface area contributed by atoms with Gasteiger partial charge in [0.2, 0.25) is 0 Å². The van der Waals surface area contributed by atoms with Crippen LogP contribution in [0.15, 0.2) is 48.5 Å². The van der Waals surface area contributed by atoms with Crippen molar-refractivity contribution in [3.8, 4) is 11.8 Å². The Morgan fingerprint density at radius 3 is 2.60 bits per heavy atom. The molecule has 2 rings (SSSR count). The lowest BCUT2D eigenvalue weighted by atomic mass is 10.2. The fraction of sp³-hybridized carbons (Fsp3) is 0.0714. The minimum atomic E-state index is -3.98. The van der Waals surface area contributed by atoms with Crippen LogP contribution in [0.2, 0.25) is 0 Å². The molecule has 102 valence electrons. The van der Waals surface area contributed by atoms with Gasteiger partial charge >= 0.3 is 10.1 Å². The first-order valence-electron chi connectivity index (χ1n) is 5.66. The van der Waals surface area contributed by atoms with Gasteiger partial charge in [0.25, 0.3) is 0 Å². The van der Waals surface area contributed by atoms with Gasteiger partial charge in [-0.25, -0.2) is 4.39 Å². The molecule has 2 aromatic rings. The van der Waals surface area contributed by atoms with E-state index in [0.717, 1.165) is 6.07 Å². The minimum absolute atomic E-state index is 0.344. The lowest BCUT2D eigenvalue weighted by Gasteiger charge is -2.07. The summed E-state index contributed by atoms with van der Waals surface area (Å²) in [5.41, 5.74) is 0.754. The fourth-order valence-electron chi connectivity index (χ4n) is 1.61. The average Bonchev–Trinajstić information content (AvgIpc) is 2.41. The largest absolute Gasteiger partial charge is 0.379 e. The van der Waals surface area contributed by atoms with Gasteiger partial charge in [0.15, 0.2) is 11.6 Å². The Morgan fingerprint density at radius 2 is 1.90 bits per heavy atom. The van der Waals surface area contributed by atoms with E-state index in [1.165, 1.54) is 24.3 Å². The molecule has 0 fully saturated rings. The Bertz CT molecular complexity index is 766. The van der Waals surface area contributed by atoms with E-state index in [4.69, 9.17) is 9.44 Å². The highest BCUT2D eigenvalue weighted by molar-refractivity contribution is 7.86. The second-order valence-electron chi connectivity index (χ2n) is 4.03. The summed E-state index contributed by atoms with van der Waals surface area (Å²) >= 11 is 0. The number of hydrogen-bond donors (Lipinski definition) is 0. The van der Waals surface area contributed by atoms with Crippen LogP contribution < -0.4 is 4.18 Å². The Hall–Kier alpha value is -2.39. The molecule has 0 amide bonds. The SMILES string of the molecule is N#Cc1cccc(CS(=O)(=O)Oc2ccccc2F)c1. The van der Waals surface area contributed by atoms with Crippen LogP contribution in [0.4, 0.5) is 4.39 Å². The van der Waals surface area contributed by atoms with Crippen LogP contribution in [0.1, 0.15) is 11.1 Å². The average molecular weight is 291 g/mol. The summed E-state index contributed by atoms with van der Waals surface area (Å²) < 4.78 is 41.8. The molecule has 0 saturated heterocycles. The van der Waals surface area contributed by atoms with E-state index in [2.05, 4.69) is 0 Å². The summed E-state index contributed by atoms with van der Waals surface area (Å²) in [6, 6.07) is 13.3. The van der Waals surface area contributed by atoms with Gasteiger partial charge in [-0.2, -0.15) is 13.7 Å². The van der Waals surface area contributed by atoms with Crippen LogP contribution in [-0.4, -0.2) is 8.42 Å². The van der Waals surface area contributed by atoms with E-state index >= 15 is 0 Å². The highest BCUT2D eigenvalue weighted by atomic mass is 32.2. The lowest BCUT2D eigenvalue weighted by molar-refractivity contribution is 0.460. The van der Waals surface area contributed by atoms with Crippen molar-refractivity contribution >= 4 is 10.1 Å². The molecule has 0 saturated carbocycles. The number of nitrogens with zero attached hydrogens (tertiary/aromatic N) is 1. The van der Waals surface area contributed by atoms with E-state index in [1.54, 1.807) is 18.2 Å². The molecule has 0 aliphatic heterocycles. The van der Waals surface area contributed by atoms with E-state index in [9.17, 15) is 12.8 Å². The third-order valence-corrected chi connectivity index (χ3v) is 3.57. The van der Waals surface area contributed by atoms with E-state index in [1.807, 2.05) is 6.07 Å². The fourth-order valence-corrected chi connectivity index (χ4v) is 2.67. The Kier molecular flexibility index (Phi) is 4.01. The molecule has 2 aromatic carbocycles. The maximum absolute atomic E-state index is 13.3. The van der Waals surface area contributed by atoms with Crippen molar-refractivity contribution in [3.63, 3.8) is 0 Å². The molecule has 0 N–H and O–H groups in total. The van der Waals surface area contributed by atoms with Crippen LogP contribution in [0.3, 0.4) is 0 Å². The van der Waals surface area contributed by atoms with Crippen molar-refractivity contribution in [1.29, 1.82) is 5.26 Å². The van der Waals surface area contributed by atoms with Crippen LogP contribution in [-0.2, 0) is 15.9 Å². The monoisotopic (exact) mass is 291 g/mol. The first kappa shape index (κ1) is 14.0. The predicted octanol–water partition coefficient (Wildman–Crippen LogP) is 2.61. The van der Waals surface area contributed by atoms with Crippen LogP contribution in [0.25, 0.3) is 0 Å². The lowest BCUT2D eigenvalue weighted by Crippen LogP contribution is -2.13. The number of nitriles is 1. The van der Waals surface area contributed by atoms with Gasteiger partial charge in [-0.1, -0.05) is 24.3 Å². The van der Waals surface area contributed by atoms with E-state index < -0.39 is 21.7 Å². The molecule has 0 spiro atoms. The van der Waals surface area contributed by atoms with Crippen molar-refractivity contribution < 1.29 is 17.0 Å². The molecule has 6 heteroatoms. The Morgan fingerprint density at radius 1 is 1.15 bits per heavy atom. The van der Waals surface area contributed by atoms with Gasteiger partial charge in [-0.3, -0.25) is 0 Å². The normalized spacial score (nSPS) is 10.8. The summed E-state index contributed by atoms with van der Waals surface area (Å²) in [5.74, 6) is -1.53. The standard InChI is InChI=1S/C14H10FNO3S/c15-13-6-1-2-7-14(13)19-20(17,18)10-12-5-3-4-11(8-12)9-16/h1-8H,10H2. The molecule has 0 aliphatic rings. The van der Waals surface area contributed by atoms with Crippen molar-refractivity contribution in [2.45, 2.75) is 5.75 Å². The second-order valence-corrected chi connectivity index (χ2v) is 5.60. The van der Waals surface area contributed by atoms with E-state index in [-0.39, 0.29) is 5.75 Å². The summed E-state index contributed by atoms with van der Waals surface area (Å²) in [7, 11) is -3.98. The number of halogens is 1. The quantitative estimate of drug-likeness (QED) is 0.812. The van der Waals surface area contributed by atoms with Crippen molar-refractivity contribution in [2.24, 2.45) is 0 Å². The summed E-state index contributed by atoms with van der Waals surface area (Å²) in [6.45, 7) is 0. The number of hydrogen-bond acceptors (Lipinski definition) is 4. The van der Waals surface area contributed by atoms with Gasteiger partial charge in [0.05, 0.1) is 11.6 Å². The number of para-hydroxylation sites is 1. The predicted molar refractivity (Wildman–Crippen MR) is 70.8 cm³/mol. The summed E-state index contributed by atoms with van der Waals surface area (Å²) in [4.78, 5) is 0. The Labute approximate surface area is 116 Å². The van der Waals surface area contributed by atoms with Gasteiger partial charge in [-0.05, 0) is 29.8 Å². The molecule has 0 radical (unpaired) electrons. The zero-order chi connectivity index (χ0) is 14.6. The molecule has 4 nitrogen and oxygen atoms in total. The summed E-state index contributed by atoms with van der Waals surface area (Å²) in [6.07, 6.45) is 0. The highest BCUT2D eigenvalue weighted by Crippen LogP contribution is 2.19. The number of rotatable bonds is 4. The maximum atomic E-state index is 13.3. The zero-order valence-electron chi connectivity index (χ0n) is 10.3. The van der Waals surface area contributed by atoms with E-state index in [0.29, 0.717) is 11.1 Å². The number of benzene rings is 2. The molecule has 0 unspecified atom stereocenters. The topological polar surface area (TPSA) is 67.2 Å². The van der Waals surface area contributed by atoms with Crippen molar-refractivity contribution in [2.75, 3.05) is 0 Å². The zero-order valence-corrected chi connectivity index (χ0v) is 11.1. The Balaban J connectivity index is 2.20.